The highest BCUT2D eigenvalue weighted by Crippen LogP contribution is 2.26. The molecule has 134 valence electrons. The van der Waals surface area contributed by atoms with Crippen LogP contribution < -0.4 is 5.32 Å². The molecule has 0 radical (unpaired) electrons. The van der Waals surface area contributed by atoms with Crippen molar-refractivity contribution in [1.82, 2.24) is 19.9 Å². The summed E-state index contributed by atoms with van der Waals surface area (Å²) in [6, 6.07) is 11.3. The van der Waals surface area contributed by atoms with Crippen LogP contribution in [0.2, 0.25) is 5.02 Å². The summed E-state index contributed by atoms with van der Waals surface area (Å²) in [5, 5.41) is 3.52. The Balaban J connectivity index is 2.02. The van der Waals surface area contributed by atoms with Crippen molar-refractivity contribution in [3.8, 4) is 22.8 Å². The summed E-state index contributed by atoms with van der Waals surface area (Å²) in [7, 11) is 0. The summed E-state index contributed by atoms with van der Waals surface area (Å²) in [4.78, 5) is 21.3. The van der Waals surface area contributed by atoms with Crippen LogP contribution in [0.5, 0.6) is 0 Å². The maximum absolute atomic E-state index is 12.3. The quantitative estimate of drug-likeness (QED) is 0.642. The second-order valence-corrected chi connectivity index (χ2v) is 7.52. The SMILES string of the molecule is CC(C)NC(=O)Cn1cc(-c2ccc(Br)cn2)nc1-c1cccc(Cl)c1. The third kappa shape index (κ3) is 4.51. The molecule has 0 aliphatic carbocycles. The molecular weight excluding hydrogens is 416 g/mol. The van der Waals surface area contributed by atoms with Gasteiger partial charge in [0.1, 0.15) is 18.1 Å². The number of benzene rings is 1. The van der Waals surface area contributed by atoms with Gasteiger partial charge in [0, 0.05) is 33.5 Å². The van der Waals surface area contributed by atoms with E-state index in [1.54, 1.807) is 12.3 Å². The lowest BCUT2D eigenvalue weighted by Gasteiger charge is -2.11. The standard InChI is InChI=1S/C19H18BrClN4O/c1-12(2)23-18(26)11-25-10-17(16-7-6-14(20)9-22-16)24-19(25)13-4-3-5-15(21)8-13/h3-10,12H,11H2,1-2H3,(H,23,26). The Morgan fingerprint density at radius 1 is 1.27 bits per heavy atom. The maximum atomic E-state index is 12.3. The second-order valence-electron chi connectivity index (χ2n) is 6.17. The lowest BCUT2D eigenvalue weighted by molar-refractivity contribution is -0.122. The Morgan fingerprint density at radius 3 is 2.73 bits per heavy atom. The van der Waals surface area contributed by atoms with Crippen LogP contribution in [0.4, 0.5) is 0 Å². The first-order valence-electron chi connectivity index (χ1n) is 8.17. The van der Waals surface area contributed by atoms with Crippen LogP contribution in [0.25, 0.3) is 22.8 Å². The van der Waals surface area contributed by atoms with Gasteiger partial charge in [0.15, 0.2) is 0 Å². The predicted octanol–water partition coefficient (Wildman–Crippen LogP) is 4.55. The van der Waals surface area contributed by atoms with Crippen LogP contribution in [-0.4, -0.2) is 26.5 Å². The minimum Gasteiger partial charge on any atom is -0.352 e. The molecule has 7 heteroatoms. The van der Waals surface area contributed by atoms with Gasteiger partial charge in [-0.15, -0.1) is 0 Å². The smallest absolute Gasteiger partial charge is 0.240 e. The molecule has 0 saturated carbocycles. The normalized spacial score (nSPS) is 11.0. The number of carbonyl (C=O) groups is 1. The van der Waals surface area contributed by atoms with E-state index in [-0.39, 0.29) is 18.5 Å². The number of nitrogens with zero attached hydrogens (tertiary/aromatic N) is 3. The van der Waals surface area contributed by atoms with Crippen molar-refractivity contribution in [2.45, 2.75) is 26.4 Å². The number of halogens is 2. The fourth-order valence-corrected chi connectivity index (χ4v) is 2.99. The van der Waals surface area contributed by atoms with Crippen molar-refractivity contribution in [3.63, 3.8) is 0 Å². The maximum Gasteiger partial charge on any atom is 0.240 e. The number of rotatable bonds is 5. The lowest BCUT2D eigenvalue weighted by Crippen LogP contribution is -2.33. The van der Waals surface area contributed by atoms with Gasteiger partial charge >= 0.3 is 0 Å². The summed E-state index contributed by atoms with van der Waals surface area (Å²) in [6.45, 7) is 4.03. The summed E-state index contributed by atoms with van der Waals surface area (Å²) in [5.74, 6) is 0.599. The first kappa shape index (κ1) is 18.6. The van der Waals surface area contributed by atoms with Gasteiger partial charge in [-0.25, -0.2) is 4.98 Å². The molecule has 3 aromatic rings. The molecule has 0 aliphatic heterocycles. The fourth-order valence-electron chi connectivity index (χ4n) is 2.57. The number of nitrogens with one attached hydrogen (secondary N) is 1. The van der Waals surface area contributed by atoms with Crippen molar-refractivity contribution in [2.24, 2.45) is 0 Å². The number of imidazole rings is 1. The highest BCUT2D eigenvalue weighted by atomic mass is 79.9. The Morgan fingerprint density at radius 2 is 2.08 bits per heavy atom. The van der Waals surface area contributed by atoms with Gasteiger partial charge in [-0.2, -0.15) is 0 Å². The zero-order chi connectivity index (χ0) is 18.7. The van der Waals surface area contributed by atoms with Crippen molar-refractivity contribution in [2.75, 3.05) is 0 Å². The third-order valence-electron chi connectivity index (χ3n) is 3.61. The van der Waals surface area contributed by atoms with E-state index < -0.39 is 0 Å². The molecule has 0 bridgehead atoms. The van der Waals surface area contributed by atoms with E-state index in [2.05, 4.69) is 26.2 Å². The van der Waals surface area contributed by atoms with Crippen molar-refractivity contribution >= 4 is 33.4 Å². The van der Waals surface area contributed by atoms with Crippen molar-refractivity contribution < 1.29 is 4.79 Å². The van der Waals surface area contributed by atoms with Crippen LogP contribution in [0.1, 0.15) is 13.8 Å². The number of carbonyl (C=O) groups excluding carboxylic acids is 1. The summed E-state index contributed by atoms with van der Waals surface area (Å²) in [6.07, 6.45) is 3.56. The van der Waals surface area contributed by atoms with Crippen molar-refractivity contribution in [1.29, 1.82) is 0 Å². The van der Waals surface area contributed by atoms with E-state index in [1.165, 1.54) is 0 Å². The minimum absolute atomic E-state index is 0.0732. The van der Waals surface area contributed by atoms with Gasteiger partial charge in [-0.05, 0) is 54.0 Å². The second kappa shape index (κ2) is 8.01. The molecule has 3 rings (SSSR count). The van der Waals surface area contributed by atoms with Gasteiger partial charge in [0.05, 0.1) is 5.69 Å². The monoisotopic (exact) mass is 432 g/mol. The summed E-state index contributed by atoms with van der Waals surface area (Å²) >= 11 is 9.51. The molecule has 2 heterocycles. The number of hydrogen-bond donors (Lipinski definition) is 1. The Bertz CT molecular complexity index is 922. The molecule has 1 amide bonds. The highest BCUT2D eigenvalue weighted by Gasteiger charge is 2.15. The average Bonchev–Trinajstić information content (AvgIpc) is 2.98. The van der Waals surface area contributed by atoms with Crippen molar-refractivity contribution in [3.05, 3.63) is 58.3 Å². The fraction of sp³-hybridized carbons (Fsp3) is 0.211. The summed E-state index contributed by atoms with van der Waals surface area (Å²) in [5.41, 5.74) is 2.28. The molecule has 0 fully saturated rings. The Labute approximate surface area is 165 Å². The average molecular weight is 434 g/mol. The van der Waals surface area contributed by atoms with Gasteiger partial charge in [0.2, 0.25) is 5.91 Å². The molecule has 0 unspecified atom stereocenters. The Kier molecular flexibility index (Phi) is 5.74. The highest BCUT2D eigenvalue weighted by molar-refractivity contribution is 9.10. The molecule has 0 spiro atoms. The van der Waals surface area contributed by atoms with Gasteiger partial charge in [-0.3, -0.25) is 9.78 Å². The van der Waals surface area contributed by atoms with Crippen LogP contribution >= 0.6 is 27.5 Å². The topological polar surface area (TPSA) is 59.8 Å². The van der Waals surface area contributed by atoms with E-state index in [9.17, 15) is 4.79 Å². The number of aromatic nitrogens is 3. The van der Waals surface area contributed by atoms with Gasteiger partial charge in [0.25, 0.3) is 0 Å². The van der Waals surface area contributed by atoms with Gasteiger partial charge < -0.3 is 9.88 Å². The van der Waals surface area contributed by atoms with E-state index in [4.69, 9.17) is 16.6 Å². The number of amides is 1. The van der Waals surface area contributed by atoms with Crippen LogP contribution in [0.15, 0.2) is 53.3 Å². The predicted molar refractivity (Wildman–Crippen MR) is 107 cm³/mol. The third-order valence-corrected chi connectivity index (χ3v) is 4.32. The van der Waals surface area contributed by atoms with Crippen LogP contribution in [0.3, 0.4) is 0 Å². The first-order chi connectivity index (χ1) is 12.4. The zero-order valence-electron chi connectivity index (χ0n) is 14.4. The Hall–Kier alpha value is -2.18. The molecule has 1 N–H and O–H groups in total. The number of pyridine rings is 1. The summed E-state index contributed by atoms with van der Waals surface area (Å²) < 4.78 is 2.72. The molecule has 0 aliphatic rings. The molecule has 5 nitrogen and oxygen atoms in total. The molecule has 1 aromatic carbocycles. The zero-order valence-corrected chi connectivity index (χ0v) is 16.8. The van der Waals surface area contributed by atoms with E-state index in [0.29, 0.717) is 16.5 Å². The molecule has 0 saturated heterocycles. The first-order valence-corrected chi connectivity index (χ1v) is 9.34. The molecule has 26 heavy (non-hydrogen) atoms. The van der Waals surface area contributed by atoms with Crippen LogP contribution in [-0.2, 0) is 11.3 Å². The molecule has 2 aromatic heterocycles. The van der Waals surface area contributed by atoms with Crippen LogP contribution in [0, 0.1) is 0 Å². The van der Waals surface area contributed by atoms with E-state index in [0.717, 1.165) is 15.7 Å². The van der Waals surface area contributed by atoms with E-state index in [1.807, 2.05) is 54.9 Å². The van der Waals surface area contributed by atoms with Gasteiger partial charge in [-0.1, -0.05) is 23.7 Å². The van der Waals surface area contributed by atoms with E-state index >= 15 is 0 Å². The minimum atomic E-state index is -0.0732. The molecule has 0 atom stereocenters. The molecular formula is C19H18BrClN4O. The largest absolute Gasteiger partial charge is 0.352 e. The number of hydrogen-bond acceptors (Lipinski definition) is 3. The lowest BCUT2D eigenvalue weighted by atomic mass is 10.2.